The van der Waals surface area contributed by atoms with E-state index in [4.69, 9.17) is 0 Å². The van der Waals surface area contributed by atoms with E-state index in [-0.39, 0.29) is 17.7 Å². The Balaban J connectivity index is 1.63. The Morgan fingerprint density at radius 3 is 2.92 bits per heavy atom. The molecule has 1 fully saturated rings. The van der Waals surface area contributed by atoms with Gasteiger partial charge in [-0.25, -0.2) is 0 Å². The molecule has 0 aliphatic carbocycles. The molecule has 0 spiro atoms. The standard InChI is InChI=1S/C18H16F2N4O2/c19-18(20)26-13-6-3-5-12(11-13)17(25)23-10-4-7-14(23)16-22-21-15-8-1-2-9-24(15)16/h1-3,5-6,8-9,11,14,18H,4,7,10H2. The average molecular weight is 358 g/mol. The van der Waals surface area contributed by atoms with E-state index in [1.54, 1.807) is 11.0 Å². The smallest absolute Gasteiger partial charge is 0.387 e. The Kier molecular flexibility index (Phi) is 4.24. The molecular weight excluding hydrogens is 342 g/mol. The molecule has 0 bridgehead atoms. The molecule has 4 rings (SSSR count). The molecule has 1 atom stereocenters. The number of fused-ring (bicyclic) bond motifs is 1. The van der Waals surface area contributed by atoms with Gasteiger partial charge in [-0.15, -0.1) is 10.2 Å². The van der Waals surface area contributed by atoms with Crippen LogP contribution in [0.4, 0.5) is 8.78 Å². The molecule has 1 saturated heterocycles. The number of carbonyl (C=O) groups is 1. The molecule has 8 heteroatoms. The van der Waals surface area contributed by atoms with Crippen LogP contribution in [0, 0.1) is 0 Å². The van der Waals surface area contributed by atoms with Gasteiger partial charge >= 0.3 is 6.61 Å². The average Bonchev–Trinajstić information content (AvgIpc) is 3.27. The van der Waals surface area contributed by atoms with Crippen LogP contribution in [0.2, 0.25) is 0 Å². The van der Waals surface area contributed by atoms with E-state index in [1.165, 1.54) is 18.2 Å². The van der Waals surface area contributed by atoms with E-state index in [0.717, 1.165) is 12.8 Å². The first kappa shape index (κ1) is 16.4. The number of amides is 1. The largest absolute Gasteiger partial charge is 0.435 e. The molecule has 2 aromatic heterocycles. The third-order valence-electron chi connectivity index (χ3n) is 4.46. The summed E-state index contributed by atoms with van der Waals surface area (Å²) in [5.41, 5.74) is 1.03. The van der Waals surface area contributed by atoms with Crippen molar-refractivity contribution in [3.05, 3.63) is 60.0 Å². The van der Waals surface area contributed by atoms with E-state index in [0.29, 0.717) is 23.6 Å². The van der Waals surface area contributed by atoms with Gasteiger partial charge in [-0.1, -0.05) is 12.1 Å². The van der Waals surface area contributed by atoms with Crippen LogP contribution >= 0.6 is 0 Å². The molecule has 1 amide bonds. The zero-order chi connectivity index (χ0) is 18.1. The van der Waals surface area contributed by atoms with Crippen molar-refractivity contribution in [2.24, 2.45) is 0 Å². The molecule has 3 heterocycles. The van der Waals surface area contributed by atoms with Crippen molar-refractivity contribution in [3.8, 4) is 5.75 Å². The lowest BCUT2D eigenvalue weighted by Crippen LogP contribution is -2.31. The Bertz CT molecular complexity index is 944. The van der Waals surface area contributed by atoms with Gasteiger partial charge in [0.1, 0.15) is 5.75 Å². The van der Waals surface area contributed by atoms with Crippen LogP contribution in [0.15, 0.2) is 48.7 Å². The Morgan fingerprint density at radius 1 is 1.19 bits per heavy atom. The molecule has 0 N–H and O–H groups in total. The van der Waals surface area contributed by atoms with Crippen molar-refractivity contribution in [2.45, 2.75) is 25.5 Å². The number of carbonyl (C=O) groups excluding carboxylic acids is 1. The number of benzene rings is 1. The first-order valence-electron chi connectivity index (χ1n) is 8.29. The molecule has 6 nitrogen and oxygen atoms in total. The van der Waals surface area contributed by atoms with Gasteiger partial charge in [0.05, 0.1) is 6.04 Å². The highest BCUT2D eigenvalue weighted by atomic mass is 19.3. The van der Waals surface area contributed by atoms with Crippen molar-refractivity contribution in [1.82, 2.24) is 19.5 Å². The number of rotatable bonds is 4. The van der Waals surface area contributed by atoms with E-state index in [2.05, 4.69) is 14.9 Å². The monoisotopic (exact) mass is 358 g/mol. The Labute approximate surface area is 148 Å². The number of likely N-dealkylation sites (tertiary alicyclic amines) is 1. The highest BCUT2D eigenvalue weighted by Gasteiger charge is 2.33. The van der Waals surface area contributed by atoms with Gasteiger partial charge < -0.3 is 9.64 Å². The number of hydrogen-bond donors (Lipinski definition) is 0. The normalized spacial score (nSPS) is 17.2. The highest BCUT2D eigenvalue weighted by Crippen LogP contribution is 2.32. The zero-order valence-electron chi connectivity index (χ0n) is 13.8. The summed E-state index contributed by atoms with van der Waals surface area (Å²) in [7, 11) is 0. The third kappa shape index (κ3) is 2.98. The predicted octanol–water partition coefficient (Wildman–Crippen LogP) is 3.31. The van der Waals surface area contributed by atoms with E-state index < -0.39 is 6.61 Å². The number of aromatic nitrogens is 3. The Hall–Kier alpha value is -3.03. The van der Waals surface area contributed by atoms with Gasteiger partial charge in [0, 0.05) is 18.3 Å². The minimum Gasteiger partial charge on any atom is -0.435 e. The molecule has 0 radical (unpaired) electrons. The summed E-state index contributed by atoms with van der Waals surface area (Å²) in [6.45, 7) is -2.35. The molecule has 1 aromatic carbocycles. The zero-order valence-corrected chi connectivity index (χ0v) is 13.8. The lowest BCUT2D eigenvalue weighted by atomic mass is 10.1. The molecule has 1 aliphatic rings. The Morgan fingerprint density at radius 2 is 2.08 bits per heavy atom. The van der Waals surface area contributed by atoms with E-state index in [1.807, 2.05) is 28.8 Å². The van der Waals surface area contributed by atoms with Crippen LogP contribution in [0.25, 0.3) is 5.65 Å². The second-order valence-electron chi connectivity index (χ2n) is 6.05. The van der Waals surface area contributed by atoms with Crippen molar-refractivity contribution in [1.29, 1.82) is 0 Å². The molecule has 1 aliphatic heterocycles. The van der Waals surface area contributed by atoms with Crippen molar-refractivity contribution in [2.75, 3.05) is 6.54 Å². The highest BCUT2D eigenvalue weighted by molar-refractivity contribution is 5.95. The molecule has 26 heavy (non-hydrogen) atoms. The fourth-order valence-electron chi connectivity index (χ4n) is 3.34. The van der Waals surface area contributed by atoms with Crippen LogP contribution in [0.5, 0.6) is 5.75 Å². The molecule has 3 aromatic rings. The second-order valence-corrected chi connectivity index (χ2v) is 6.05. The maximum atomic E-state index is 13.0. The quantitative estimate of drug-likeness (QED) is 0.718. The molecular formula is C18H16F2N4O2. The van der Waals surface area contributed by atoms with Gasteiger partial charge in [-0.2, -0.15) is 8.78 Å². The minimum absolute atomic E-state index is 0.0328. The summed E-state index contributed by atoms with van der Waals surface area (Å²) in [4.78, 5) is 14.7. The predicted molar refractivity (Wildman–Crippen MR) is 89.1 cm³/mol. The number of pyridine rings is 1. The summed E-state index contributed by atoms with van der Waals surface area (Å²) in [6.07, 6.45) is 3.47. The first-order valence-corrected chi connectivity index (χ1v) is 8.29. The lowest BCUT2D eigenvalue weighted by Gasteiger charge is -2.23. The van der Waals surface area contributed by atoms with Crippen LogP contribution in [0.1, 0.15) is 35.1 Å². The summed E-state index contributed by atoms with van der Waals surface area (Å²) < 4.78 is 31.1. The SMILES string of the molecule is O=C(c1cccc(OC(F)F)c1)N1CCCC1c1nnc2ccccn12. The first-order chi connectivity index (χ1) is 12.6. The van der Waals surface area contributed by atoms with Gasteiger partial charge in [0.2, 0.25) is 0 Å². The summed E-state index contributed by atoms with van der Waals surface area (Å²) in [5, 5.41) is 8.40. The van der Waals surface area contributed by atoms with Crippen LogP contribution in [-0.2, 0) is 0 Å². The van der Waals surface area contributed by atoms with Crippen LogP contribution in [0.3, 0.4) is 0 Å². The minimum atomic E-state index is -2.93. The lowest BCUT2D eigenvalue weighted by molar-refractivity contribution is -0.0499. The summed E-state index contributed by atoms with van der Waals surface area (Å²) in [6, 6.07) is 11.3. The van der Waals surface area contributed by atoms with Gasteiger partial charge in [0.15, 0.2) is 11.5 Å². The van der Waals surface area contributed by atoms with Gasteiger partial charge in [0.25, 0.3) is 5.91 Å². The number of halogens is 2. The number of ether oxygens (including phenoxy) is 1. The fraction of sp³-hybridized carbons (Fsp3) is 0.278. The van der Waals surface area contributed by atoms with Crippen LogP contribution < -0.4 is 4.74 Å². The fourth-order valence-corrected chi connectivity index (χ4v) is 3.34. The number of hydrogen-bond acceptors (Lipinski definition) is 4. The van der Waals surface area contributed by atoms with Crippen molar-refractivity contribution in [3.63, 3.8) is 0 Å². The van der Waals surface area contributed by atoms with Crippen LogP contribution in [-0.4, -0.2) is 38.6 Å². The maximum absolute atomic E-state index is 13.0. The molecule has 0 saturated carbocycles. The molecule has 1 unspecified atom stereocenters. The number of alkyl halides is 2. The van der Waals surface area contributed by atoms with Crippen molar-refractivity contribution < 1.29 is 18.3 Å². The van der Waals surface area contributed by atoms with Gasteiger partial charge in [-0.3, -0.25) is 9.20 Å². The third-order valence-corrected chi connectivity index (χ3v) is 4.46. The number of nitrogens with zero attached hydrogens (tertiary/aromatic N) is 4. The maximum Gasteiger partial charge on any atom is 0.387 e. The topological polar surface area (TPSA) is 59.7 Å². The second kappa shape index (κ2) is 6.70. The molecule has 134 valence electrons. The van der Waals surface area contributed by atoms with E-state index >= 15 is 0 Å². The van der Waals surface area contributed by atoms with E-state index in [9.17, 15) is 13.6 Å². The summed E-state index contributed by atoms with van der Waals surface area (Å²) in [5.74, 6) is 0.431. The van der Waals surface area contributed by atoms with Crippen molar-refractivity contribution >= 4 is 11.6 Å². The summed E-state index contributed by atoms with van der Waals surface area (Å²) >= 11 is 0. The van der Waals surface area contributed by atoms with Gasteiger partial charge in [-0.05, 0) is 43.2 Å².